The summed E-state index contributed by atoms with van der Waals surface area (Å²) in [5.41, 5.74) is 1.86. The molecule has 2 unspecified atom stereocenters. The Kier molecular flexibility index (Phi) is 4.26. The van der Waals surface area contributed by atoms with E-state index in [1.165, 1.54) is 29.3 Å². The van der Waals surface area contributed by atoms with Gasteiger partial charge in [0.25, 0.3) is 0 Å². The van der Waals surface area contributed by atoms with E-state index in [2.05, 4.69) is 59.4 Å². The summed E-state index contributed by atoms with van der Waals surface area (Å²) in [4.78, 5) is 0. The first-order chi connectivity index (χ1) is 8.19. The molecule has 2 rings (SSSR count). The smallest absolute Gasteiger partial charge is 0.0175 e. The number of halogens is 1. The Morgan fingerprint density at radius 3 is 2.59 bits per heavy atom. The van der Waals surface area contributed by atoms with Crippen molar-refractivity contribution in [1.82, 2.24) is 5.32 Å². The van der Waals surface area contributed by atoms with Gasteiger partial charge in [0.2, 0.25) is 0 Å². The summed E-state index contributed by atoms with van der Waals surface area (Å²) in [6.45, 7) is 6.78. The zero-order chi connectivity index (χ0) is 12.3. The summed E-state index contributed by atoms with van der Waals surface area (Å²) < 4.78 is 1.17. The highest BCUT2D eigenvalue weighted by Gasteiger charge is 2.41. The lowest BCUT2D eigenvalue weighted by atomic mass is 9.73. The van der Waals surface area contributed by atoms with Gasteiger partial charge < -0.3 is 5.32 Å². The molecule has 2 atom stereocenters. The second kappa shape index (κ2) is 5.53. The van der Waals surface area contributed by atoms with Gasteiger partial charge in [-0.15, -0.1) is 0 Å². The van der Waals surface area contributed by atoms with Gasteiger partial charge in [-0.05, 0) is 43.0 Å². The minimum Gasteiger partial charge on any atom is -0.316 e. The van der Waals surface area contributed by atoms with Gasteiger partial charge in [-0.1, -0.05) is 48.3 Å². The quantitative estimate of drug-likeness (QED) is 0.881. The van der Waals surface area contributed by atoms with Crippen LogP contribution >= 0.6 is 15.9 Å². The lowest BCUT2D eigenvalue weighted by Gasteiger charge is -2.35. The summed E-state index contributed by atoms with van der Waals surface area (Å²) in [6.07, 6.45) is 4.05. The first-order valence-corrected chi connectivity index (χ1v) is 7.45. The molecule has 0 aromatic heterocycles. The molecule has 0 spiro atoms. The van der Waals surface area contributed by atoms with Gasteiger partial charge in [0.1, 0.15) is 0 Å². The number of benzene rings is 1. The maximum Gasteiger partial charge on any atom is 0.0175 e. The largest absolute Gasteiger partial charge is 0.316 e. The second-order valence-corrected chi connectivity index (χ2v) is 6.15. The minimum absolute atomic E-state index is 0.358. The van der Waals surface area contributed by atoms with Crippen molar-refractivity contribution in [2.75, 3.05) is 13.1 Å². The minimum atomic E-state index is 0.358. The van der Waals surface area contributed by atoms with Crippen LogP contribution in [-0.2, 0) is 5.41 Å². The van der Waals surface area contributed by atoms with Gasteiger partial charge in [-0.2, -0.15) is 0 Å². The summed E-state index contributed by atoms with van der Waals surface area (Å²) in [5.74, 6) is 0.780. The van der Waals surface area contributed by atoms with E-state index in [1.807, 2.05) is 0 Å². The topological polar surface area (TPSA) is 12.0 Å². The molecular weight excluding hydrogens is 274 g/mol. The molecule has 0 amide bonds. The van der Waals surface area contributed by atoms with Gasteiger partial charge >= 0.3 is 0 Å². The lowest BCUT2D eigenvalue weighted by Crippen LogP contribution is -2.40. The molecule has 0 saturated heterocycles. The number of likely N-dealkylation sites (N-methyl/N-ethyl adjacent to an activating group) is 1. The molecular formula is C15H22BrN. The van der Waals surface area contributed by atoms with Crippen LogP contribution in [0, 0.1) is 5.92 Å². The average Bonchev–Trinajstić information content (AvgIpc) is 2.70. The Labute approximate surface area is 113 Å². The summed E-state index contributed by atoms with van der Waals surface area (Å²) in [6, 6.07) is 8.94. The fraction of sp³-hybridized carbons (Fsp3) is 0.600. The van der Waals surface area contributed by atoms with Crippen molar-refractivity contribution >= 4 is 15.9 Å². The van der Waals surface area contributed by atoms with E-state index in [1.54, 1.807) is 0 Å². The number of rotatable bonds is 4. The molecule has 1 aliphatic carbocycles. The molecule has 1 nitrogen and oxygen atoms in total. The predicted molar refractivity (Wildman–Crippen MR) is 77.4 cm³/mol. The van der Waals surface area contributed by atoms with Crippen LogP contribution in [0.5, 0.6) is 0 Å². The van der Waals surface area contributed by atoms with Gasteiger partial charge in [-0.25, -0.2) is 0 Å². The van der Waals surface area contributed by atoms with Crippen molar-refractivity contribution in [2.24, 2.45) is 5.92 Å². The van der Waals surface area contributed by atoms with E-state index >= 15 is 0 Å². The molecule has 1 aliphatic rings. The summed E-state index contributed by atoms with van der Waals surface area (Å²) in [5, 5.41) is 3.56. The third-order valence-corrected chi connectivity index (χ3v) is 4.84. The van der Waals surface area contributed by atoms with Crippen LogP contribution in [-0.4, -0.2) is 13.1 Å². The van der Waals surface area contributed by atoms with E-state index in [0.717, 1.165) is 19.0 Å². The van der Waals surface area contributed by atoms with E-state index in [0.29, 0.717) is 5.41 Å². The van der Waals surface area contributed by atoms with Crippen LogP contribution in [0.25, 0.3) is 0 Å². The monoisotopic (exact) mass is 295 g/mol. The Morgan fingerprint density at radius 2 is 2.06 bits per heavy atom. The molecule has 0 aliphatic heterocycles. The molecule has 1 fully saturated rings. The highest BCUT2D eigenvalue weighted by Crippen LogP contribution is 2.45. The predicted octanol–water partition coefficient (Wildman–Crippen LogP) is 4.12. The number of hydrogen-bond acceptors (Lipinski definition) is 1. The van der Waals surface area contributed by atoms with E-state index in [4.69, 9.17) is 0 Å². The maximum absolute atomic E-state index is 3.56. The standard InChI is InChI=1S/C15H22BrN/c1-3-17-11-15(10-4-5-12(15)2)13-6-8-14(16)9-7-13/h6-9,12,17H,3-5,10-11H2,1-2H3. The third kappa shape index (κ3) is 2.58. The molecule has 17 heavy (non-hydrogen) atoms. The number of hydrogen-bond donors (Lipinski definition) is 1. The van der Waals surface area contributed by atoms with Crippen molar-refractivity contribution in [2.45, 2.75) is 38.5 Å². The number of nitrogens with one attached hydrogen (secondary N) is 1. The second-order valence-electron chi connectivity index (χ2n) is 5.24. The molecule has 2 heteroatoms. The zero-order valence-corrected chi connectivity index (χ0v) is 12.4. The average molecular weight is 296 g/mol. The van der Waals surface area contributed by atoms with Crippen LogP contribution in [0.15, 0.2) is 28.7 Å². The maximum atomic E-state index is 3.56. The Bertz CT molecular complexity index is 360. The molecule has 94 valence electrons. The fourth-order valence-electron chi connectivity index (χ4n) is 3.17. The lowest BCUT2D eigenvalue weighted by molar-refractivity contribution is 0.320. The van der Waals surface area contributed by atoms with Crippen LogP contribution in [0.2, 0.25) is 0 Å². The van der Waals surface area contributed by atoms with Crippen molar-refractivity contribution in [3.05, 3.63) is 34.3 Å². The molecule has 1 N–H and O–H groups in total. The van der Waals surface area contributed by atoms with Crippen LogP contribution in [0.1, 0.15) is 38.7 Å². The fourth-order valence-corrected chi connectivity index (χ4v) is 3.43. The Balaban J connectivity index is 2.29. The van der Waals surface area contributed by atoms with Crippen molar-refractivity contribution < 1.29 is 0 Å². The Morgan fingerprint density at radius 1 is 1.35 bits per heavy atom. The van der Waals surface area contributed by atoms with E-state index in [-0.39, 0.29) is 0 Å². The van der Waals surface area contributed by atoms with Gasteiger partial charge in [0, 0.05) is 16.4 Å². The van der Waals surface area contributed by atoms with Crippen molar-refractivity contribution in [1.29, 1.82) is 0 Å². The molecule has 0 bridgehead atoms. The van der Waals surface area contributed by atoms with Gasteiger partial charge in [0.15, 0.2) is 0 Å². The third-order valence-electron chi connectivity index (χ3n) is 4.31. The highest BCUT2D eigenvalue weighted by molar-refractivity contribution is 9.10. The SMILES string of the molecule is CCNCC1(c2ccc(Br)cc2)CCCC1C. The zero-order valence-electron chi connectivity index (χ0n) is 10.8. The first kappa shape index (κ1) is 13.1. The molecule has 0 radical (unpaired) electrons. The van der Waals surface area contributed by atoms with E-state index in [9.17, 15) is 0 Å². The van der Waals surface area contributed by atoms with E-state index < -0.39 is 0 Å². The van der Waals surface area contributed by atoms with Crippen LogP contribution in [0.4, 0.5) is 0 Å². The Hall–Kier alpha value is -0.340. The van der Waals surface area contributed by atoms with Crippen molar-refractivity contribution in [3.8, 4) is 0 Å². The van der Waals surface area contributed by atoms with Crippen LogP contribution in [0.3, 0.4) is 0 Å². The van der Waals surface area contributed by atoms with Crippen LogP contribution < -0.4 is 5.32 Å². The summed E-state index contributed by atoms with van der Waals surface area (Å²) in [7, 11) is 0. The normalized spacial score (nSPS) is 28.5. The molecule has 1 aromatic rings. The van der Waals surface area contributed by atoms with Gasteiger partial charge in [-0.3, -0.25) is 0 Å². The molecule has 1 saturated carbocycles. The highest BCUT2D eigenvalue weighted by atomic mass is 79.9. The first-order valence-electron chi connectivity index (χ1n) is 6.66. The van der Waals surface area contributed by atoms with Gasteiger partial charge in [0.05, 0.1) is 0 Å². The summed E-state index contributed by atoms with van der Waals surface area (Å²) >= 11 is 3.52. The molecule has 0 heterocycles. The van der Waals surface area contributed by atoms with Crippen molar-refractivity contribution in [3.63, 3.8) is 0 Å². The molecule has 1 aromatic carbocycles.